The van der Waals surface area contributed by atoms with Gasteiger partial charge in [-0.15, -0.1) is 0 Å². The zero-order valence-corrected chi connectivity index (χ0v) is 13.9. The van der Waals surface area contributed by atoms with E-state index in [4.69, 9.17) is 0 Å². The zero-order chi connectivity index (χ0) is 16.3. The van der Waals surface area contributed by atoms with Crippen LogP contribution >= 0.6 is 15.9 Å². The molecule has 22 heavy (non-hydrogen) atoms. The number of amides is 1. The summed E-state index contributed by atoms with van der Waals surface area (Å²) in [5.41, 5.74) is 1.33. The van der Waals surface area contributed by atoms with Gasteiger partial charge in [-0.25, -0.2) is 4.79 Å². The number of aryl methyl sites for hydroxylation is 1. The molecule has 1 atom stereocenters. The Morgan fingerprint density at radius 2 is 1.95 bits per heavy atom. The highest BCUT2D eigenvalue weighted by Gasteiger charge is 2.28. The quantitative estimate of drug-likeness (QED) is 0.886. The lowest BCUT2D eigenvalue weighted by atomic mass is 10.1. The highest BCUT2D eigenvalue weighted by Crippen LogP contribution is 2.18. The summed E-state index contributed by atoms with van der Waals surface area (Å²) in [6, 6.07) is 10.1. The van der Waals surface area contributed by atoms with E-state index in [1.165, 1.54) is 11.8 Å². The third-order valence-electron chi connectivity index (χ3n) is 3.47. The van der Waals surface area contributed by atoms with Crippen molar-refractivity contribution in [2.24, 2.45) is 7.05 Å². The first-order chi connectivity index (χ1) is 10.4. The maximum atomic E-state index is 12.8. The predicted molar refractivity (Wildman–Crippen MR) is 86.5 cm³/mol. The number of hydrogen-bond donors (Lipinski definition) is 1. The Bertz CT molecular complexity index is 682. The molecule has 0 fully saturated rings. The van der Waals surface area contributed by atoms with E-state index < -0.39 is 12.0 Å². The van der Waals surface area contributed by atoms with Crippen LogP contribution < -0.4 is 0 Å². The molecule has 6 heteroatoms. The van der Waals surface area contributed by atoms with Crippen LogP contribution in [0.25, 0.3) is 0 Å². The Hall–Kier alpha value is -2.08. The lowest BCUT2D eigenvalue weighted by molar-refractivity contribution is -0.141. The Balaban J connectivity index is 2.33. The average molecular weight is 365 g/mol. The maximum absolute atomic E-state index is 12.8. The molecular weight excluding hydrogens is 348 g/mol. The number of benzene rings is 1. The molecule has 116 valence electrons. The molecule has 0 saturated carbocycles. The molecule has 0 saturated heterocycles. The summed E-state index contributed by atoms with van der Waals surface area (Å²) < 4.78 is 2.46. The molecule has 1 unspecified atom stereocenters. The van der Waals surface area contributed by atoms with E-state index in [1.807, 2.05) is 30.3 Å². The van der Waals surface area contributed by atoms with Crippen LogP contribution in [0.4, 0.5) is 0 Å². The van der Waals surface area contributed by atoms with Gasteiger partial charge in [0.15, 0.2) is 0 Å². The van der Waals surface area contributed by atoms with Gasteiger partial charge in [-0.1, -0.05) is 30.3 Å². The zero-order valence-electron chi connectivity index (χ0n) is 12.4. The summed E-state index contributed by atoms with van der Waals surface area (Å²) in [7, 11) is 1.75. The van der Waals surface area contributed by atoms with Gasteiger partial charge in [0.1, 0.15) is 11.7 Å². The van der Waals surface area contributed by atoms with E-state index in [0.717, 1.165) is 10.0 Å². The Kier molecular flexibility index (Phi) is 5.03. The molecule has 1 aromatic carbocycles. The number of carboxylic acid groups (broad SMARTS) is 1. The van der Waals surface area contributed by atoms with Gasteiger partial charge in [-0.3, -0.25) is 4.79 Å². The normalized spacial score (nSPS) is 12.0. The molecule has 0 aliphatic rings. The second-order valence-corrected chi connectivity index (χ2v) is 6.00. The number of aliphatic carboxylic acids is 1. The van der Waals surface area contributed by atoms with Crippen LogP contribution in [0.2, 0.25) is 0 Å². The van der Waals surface area contributed by atoms with Crippen LogP contribution in [0.3, 0.4) is 0 Å². The van der Waals surface area contributed by atoms with Crippen LogP contribution in [0, 0.1) is 0 Å². The lowest BCUT2D eigenvalue weighted by Crippen LogP contribution is -2.43. The number of rotatable bonds is 5. The number of carbonyl (C=O) groups is 2. The fourth-order valence-electron chi connectivity index (χ4n) is 2.18. The van der Waals surface area contributed by atoms with Crippen molar-refractivity contribution in [3.63, 3.8) is 0 Å². The molecule has 2 rings (SSSR count). The highest BCUT2D eigenvalue weighted by atomic mass is 79.9. The number of halogens is 1. The summed E-state index contributed by atoms with van der Waals surface area (Å²) >= 11 is 3.33. The fraction of sp³-hybridized carbons (Fsp3) is 0.250. The van der Waals surface area contributed by atoms with E-state index in [1.54, 1.807) is 23.9 Å². The smallest absolute Gasteiger partial charge is 0.326 e. The van der Waals surface area contributed by atoms with Crippen LogP contribution in [-0.4, -0.2) is 32.5 Å². The number of aromatic nitrogens is 1. The minimum Gasteiger partial charge on any atom is -0.480 e. The Morgan fingerprint density at radius 1 is 1.32 bits per heavy atom. The van der Waals surface area contributed by atoms with Crippen LogP contribution in [0.1, 0.15) is 23.0 Å². The summed E-state index contributed by atoms with van der Waals surface area (Å²) in [6.07, 6.45) is 1.76. The van der Waals surface area contributed by atoms with Crippen LogP contribution in [0.15, 0.2) is 47.1 Å². The second-order valence-electron chi connectivity index (χ2n) is 5.09. The molecule has 1 aromatic heterocycles. The average Bonchev–Trinajstić information content (AvgIpc) is 2.83. The maximum Gasteiger partial charge on any atom is 0.326 e. The number of hydrogen-bond acceptors (Lipinski definition) is 2. The van der Waals surface area contributed by atoms with Gasteiger partial charge in [-0.05, 0) is 34.5 Å². The minimum atomic E-state index is -1.03. The van der Waals surface area contributed by atoms with Gasteiger partial charge < -0.3 is 14.6 Å². The molecule has 1 heterocycles. The summed E-state index contributed by atoms with van der Waals surface area (Å²) in [5.74, 6) is -1.34. The van der Waals surface area contributed by atoms with Crippen LogP contribution in [0.5, 0.6) is 0 Å². The molecule has 5 nitrogen and oxygen atoms in total. The van der Waals surface area contributed by atoms with Gasteiger partial charge >= 0.3 is 5.97 Å². The topological polar surface area (TPSA) is 62.5 Å². The Labute approximate surface area is 137 Å². The molecular formula is C16H17BrN2O3. The van der Waals surface area contributed by atoms with Crippen molar-refractivity contribution in [3.8, 4) is 0 Å². The third-order valence-corrected chi connectivity index (χ3v) is 3.91. The lowest BCUT2D eigenvalue weighted by Gasteiger charge is -2.26. The number of nitrogens with zero attached hydrogens (tertiary/aromatic N) is 2. The van der Waals surface area contributed by atoms with Crippen LogP contribution in [-0.2, 0) is 18.4 Å². The molecule has 2 aromatic rings. The first-order valence-corrected chi connectivity index (χ1v) is 7.59. The van der Waals surface area contributed by atoms with Crippen molar-refractivity contribution >= 4 is 27.8 Å². The fourth-order valence-corrected chi connectivity index (χ4v) is 2.71. The van der Waals surface area contributed by atoms with Gasteiger partial charge in [0.2, 0.25) is 0 Å². The summed E-state index contributed by atoms with van der Waals surface area (Å²) in [4.78, 5) is 25.5. The molecule has 0 bridgehead atoms. The van der Waals surface area contributed by atoms with Crippen molar-refractivity contribution in [1.29, 1.82) is 0 Å². The van der Waals surface area contributed by atoms with Crippen molar-refractivity contribution in [2.45, 2.75) is 19.5 Å². The van der Waals surface area contributed by atoms with Crippen molar-refractivity contribution in [2.75, 3.05) is 0 Å². The summed E-state index contributed by atoms with van der Waals surface area (Å²) in [6.45, 7) is 1.76. The van der Waals surface area contributed by atoms with E-state index in [9.17, 15) is 14.7 Å². The van der Waals surface area contributed by atoms with Crippen molar-refractivity contribution in [1.82, 2.24) is 9.47 Å². The molecule has 1 amide bonds. The Morgan fingerprint density at radius 3 is 2.45 bits per heavy atom. The molecule has 1 N–H and O–H groups in total. The van der Waals surface area contributed by atoms with Gasteiger partial charge in [0.25, 0.3) is 5.91 Å². The van der Waals surface area contributed by atoms with Gasteiger partial charge in [0, 0.05) is 24.3 Å². The van der Waals surface area contributed by atoms with Crippen molar-refractivity contribution in [3.05, 3.63) is 58.3 Å². The minimum absolute atomic E-state index is 0.246. The van der Waals surface area contributed by atoms with E-state index >= 15 is 0 Å². The largest absolute Gasteiger partial charge is 0.480 e. The summed E-state index contributed by atoms with van der Waals surface area (Å²) in [5, 5.41) is 9.29. The first kappa shape index (κ1) is 16.3. The first-order valence-electron chi connectivity index (χ1n) is 6.79. The third kappa shape index (κ3) is 3.57. The number of carboxylic acids is 1. The van der Waals surface area contributed by atoms with E-state index in [2.05, 4.69) is 15.9 Å². The van der Waals surface area contributed by atoms with E-state index in [0.29, 0.717) is 5.69 Å². The van der Waals surface area contributed by atoms with Crippen molar-refractivity contribution < 1.29 is 14.7 Å². The van der Waals surface area contributed by atoms with Gasteiger partial charge in [0.05, 0.1) is 0 Å². The highest BCUT2D eigenvalue weighted by molar-refractivity contribution is 9.10. The SMILES string of the molecule is CC(C(=O)O)N(Cc1ccccc1)C(=O)c1cc(Br)cn1C. The molecule has 0 aliphatic heterocycles. The van der Waals surface area contributed by atoms with Gasteiger partial charge in [-0.2, -0.15) is 0 Å². The predicted octanol–water partition coefficient (Wildman–Crippen LogP) is 2.90. The standard InChI is InChI=1S/C16H17BrN2O3/c1-11(16(21)22)19(9-12-6-4-3-5-7-12)15(20)14-8-13(17)10-18(14)2/h3-8,10-11H,9H2,1-2H3,(H,21,22). The molecule has 0 radical (unpaired) electrons. The molecule has 0 spiro atoms. The second kappa shape index (κ2) is 6.79. The monoisotopic (exact) mass is 364 g/mol. The van der Waals surface area contributed by atoms with E-state index in [-0.39, 0.29) is 12.5 Å². The molecule has 0 aliphatic carbocycles. The number of carbonyl (C=O) groups excluding carboxylic acids is 1.